The van der Waals surface area contributed by atoms with Gasteiger partial charge in [-0.15, -0.1) is 0 Å². The molecule has 2 aromatic rings. The molecule has 0 saturated heterocycles. The zero-order valence-electron chi connectivity index (χ0n) is 9.58. The summed E-state index contributed by atoms with van der Waals surface area (Å²) in [7, 11) is 0. The molecule has 2 rings (SSSR count). The number of aliphatic hydroxyl groups excluding tert-OH is 1. The van der Waals surface area contributed by atoms with Crippen molar-refractivity contribution >= 4 is 11.6 Å². The minimum absolute atomic E-state index is 0.157. The zero-order chi connectivity index (χ0) is 14.0. The average molecular weight is 288 g/mol. The van der Waals surface area contributed by atoms with Gasteiger partial charge in [-0.2, -0.15) is 13.2 Å². The van der Waals surface area contributed by atoms with Crippen molar-refractivity contribution in [3.8, 4) is 11.3 Å². The lowest BCUT2D eigenvalue weighted by Crippen LogP contribution is -2.05. The van der Waals surface area contributed by atoms with Crippen LogP contribution in [0.4, 0.5) is 13.2 Å². The van der Waals surface area contributed by atoms with Crippen LogP contribution in [-0.2, 0) is 12.8 Å². The second kappa shape index (κ2) is 5.19. The van der Waals surface area contributed by atoms with E-state index in [0.717, 1.165) is 12.1 Å². The van der Waals surface area contributed by atoms with Crippen LogP contribution in [0.1, 0.15) is 11.1 Å². The summed E-state index contributed by atoms with van der Waals surface area (Å²) in [4.78, 5) is 3.98. The average Bonchev–Trinajstić information content (AvgIpc) is 2.38. The summed E-state index contributed by atoms with van der Waals surface area (Å²) in [6, 6.07) is 7.76. The van der Waals surface area contributed by atoms with Crippen LogP contribution < -0.4 is 0 Å². The van der Waals surface area contributed by atoms with Gasteiger partial charge in [-0.3, -0.25) is 0 Å². The molecule has 0 aliphatic heterocycles. The number of aliphatic hydroxyl groups is 1. The highest BCUT2D eigenvalue weighted by Gasteiger charge is 2.30. The normalized spacial score (nSPS) is 11.6. The van der Waals surface area contributed by atoms with Crippen molar-refractivity contribution in [1.82, 2.24) is 4.98 Å². The Labute approximate surface area is 112 Å². The van der Waals surface area contributed by atoms with Crippen molar-refractivity contribution < 1.29 is 18.3 Å². The van der Waals surface area contributed by atoms with E-state index >= 15 is 0 Å². The van der Waals surface area contributed by atoms with Crippen molar-refractivity contribution in [1.29, 1.82) is 0 Å². The van der Waals surface area contributed by atoms with E-state index in [1.54, 1.807) is 0 Å². The topological polar surface area (TPSA) is 33.1 Å². The van der Waals surface area contributed by atoms with Crippen LogP contribution in [0.2, 0.25) is 5.15 Å². The molecule has 0 aliphatic rings. The maximum Gasteiger partial charge on any atom is 0.416 e. The van der Waals surface area contributed by atoms with E-state index in [0.29, 0.717) is 5.56 Å². The highest BCUT2D eigenvalue weighted by molar-refractivity contribution is 6.29. The number of alkyl halides is 3. The fourth-order valence-electron chi connectivity index (χ4n) is 1.68. The lowest BCUT2D eigenvalue weighted by Gasteiger charge is -2.10. The maximum absolute atomic E-state index is 12.6. The van der Waals surface area contributed by atoms with Gasteiger partial charge in [-0.05, 0) is 18.2 Å². The Balaban J connectivity index is 2.56. The fourth-order valence-corrected chi connectivity index (χ4v) is 1.83. The first-order chi connectivity index (χ1) is 8.91. The molecule has 6 heteroatoms. The number of pyridine rings is 1. The van der Waals surface area contributed by atoms with Crippen LogP contribution in [0.5, 0.6) is 0 Å². The molecule has 0 bridgehead atoms. The number of rotatable bonds is 2. The van der Waals surface area contributed by atoms with Gasteiger partial charge < -0.3 is 5.11 Å². The molecular formula is C13H9ClF3NO. The monoisotopic (exact) mass is 287 g/mol. The van der Waals surface area contributed by atoms with E-state index in [1.165, 1.54) is 24.3 Å². The highest BCUT2D eigenvalue weighted by atomic mass is 35.5. The maximum atomic E-state index is 12.6. The van der Waals surface area contributed by atoms with Crippen molar-refractivity contribution in [2.75, 3.05) is 0 Å². The molecule has 100 valence electrons. The van der Waals surface area contributed by atoms with E-state index in [2.05, 4.69) is 4.98 Å². The molecular weight excluding hydrogens is 279 g/mol. The Bertz CT molecular complexity index is 599. The van der Waals surface area contributed by atoms with Crippen LogP contribution in [0.3, 0.4) is 0 Å². The van der Waals surface area contributed by atoms with E-state index in [1.807, 2.05) is 0 Å². The van der Waals surface area contributed by atoms with E-state index < -0.39 is 11.7 Å². The fraction of sp³-hybridized carbons (Fsp3) is 0.154. The van der Waals surface area contributed by atoms with Gasteiger partial charge in [0.25, 0.3) is 0 Å². The number of nitrogens with zero attached hydrogens (tertiary/aromatic N) is 1. The number of benzene rings is 1. The van der Waals surface area contributed by atoms with Gasteiger partial charge in [-0.25, -0.2) is 4.98 Å². The molecule has 1 aromatic carbocycles. The van der Waals surface area contributed by atoms with E-state index in [-0.39, 0.29) is 23.0 Å². The van der Waals surface area contributed by atoms with Gasteiger partial charge >= 0.3 is 6.18 Å². The van der Waals surface area contributed by atoms with E-state index in [4.69, 9.17) is 11.6 Å². The van der Waals surface area contributed by atoms with Gasteiger partial charge in [0.15, 0.2) is 0 Å². The molecule has 0 aliphatic carbocycles. The number of halogens is 4. The lowest BCUT2D eigenvalue weighted by atomic mass is 10.0. The van der Waals surface area contributed by atoms with Crippen LogP contribution >= 0.6 is 11.6 Å². The molecule has 0 spiro atoms. The first kappa shape index (κ1) is 13.8. The molecule has 19 heavy (non-hydrogen) atoms. The van der Waals surface area contributed by atoms with Gasteiger partial charge in [0.2, 0.25) is 0 Å². The van der Waals surface area contributed by atoms with Gasteiger partial charge in [-0.1, -0.05) is 29.8 Å². The third kappa shape index (κ3) is 3.05. The minimum Gasteiger partial charge on any atom is -0.392 e. The van der Waals surface area contributed by atoms with Gasteiger partial charge in [0, 0.05) is 11.1 Å². The Morgan fingerprint density at radius 1 is 1.16 bits per heavy atom. The summed E-state index contributed by atoms with van der Waals surface area (Å²) in [5.41, 5.74) is 0.168. The molecule has 0 fully saturated rings. The number of aromatic nitrogens is 1. The molecule has 1 N–H and O–H groups in total. The van der Waals surface area contributed by atoms with Crippen LogP contribution in [-0.4, -0.2) is 10.1 Å². The third-order valence-corrected chi connectivity index (χ3v) is 2.79. The van der Waals surface area contributed by atoms with Crippen LogP contribution in [0.25, 0.3) is 11.3 Å². The summed E-state index contributed by atoms with van der Waals surface area (Å²) in [6.45, 7) is -0.324. The highest BCUT2D eigenvalue weighted by Crippen LogP contribution is 2.32. The molecule has 0 radical (unpaired) electrons. The summed E-state index contributed by atoms with van der Waals surface area (Å²) in [5, 5.41) is 9.35. The molecule has 0 saturated carbocycles. The molecule has 0 atom stereocenters. The second-order valence-electron chi connectivity index (χ2n) is 3.88. The predicted octanol–water partition coefficient (Wildman–Crippen LogP) is 3.91. The quantitative estimate of drug-likeness (QED) is 0.850. The van der Waals surface area contributed by atoms with Gasteiger partial charge in [0.1, 0.15) is 5.15 Å². The molecule has 0 amide bonds. The molecule has 1 aromatic heterocycles. The van der Waals surface area contributed by atoms with Crippen LogP contribution in [0.15, 0.2) is 36.4 Å². The summed E-state index contributed by atoms with van der Waals surface area (Å²) < 4.78 is 37.9. The van der Waals surface area contributed by atoms with Crippen molar-refractivity contribution in [2.24, 2.45) is 0 Å². The Morgan fingerprint density at radius 2 is 1.89 bits per heavy atom. The summed E-state index contributed by atoms with van der Waals surface area (Å²) in [5.74, 6) is 0. The largest absolute Gasteiger partial charge is 0.416 e. The van der Waals surface area contributed by atoms with Crippen LogP contribution in [0, 0.1) is 0 Å². The zero-order valence-corrected chi connectivity index (χ0v) is 10.3. The smallest absolute Gasteiger partial charge is 0.392 e. The first-order valence-corrected chi connectivity index (χ1v) is 5.73. The number of hydrogen-bond donors (Lipinski definition) is 1. The Morgan fingerprint density at radius 3 is 2.53 bits per heavy atom. The molecule has 1 heterocycles. The summed E-state index contributed by atoms with van der Waals surface area (Å²) in [6.07, 6.45) is -4.42. The lowest BCUT2D eigenvalue weighted by molar-refractivity contribution is -0.137. The minimum atomic E-state index is -4.42. The van der Waals surface area contributed by atoms with Gasteiger partial charge in [0.05, 0.1) is 17.9 Å². The SMILES string of the molecule is OCc1ccc(Cl)nc1-c1cccc(C(F)(F)F)c1. The van der Waals surface area contributed by atoms with Crippen molar-refractivity contribution in [3.05, 3.63) is 52.7 Å². The Hall–Kier alpha value is -1.59. The summed E-state index contributed by atoms with van der Waals surface area (Å²) >= 11 is 5.74. The predicted molar refractivity (Wildman–Crippen MR) is 65.6 cm³/mol. The van der Waals surface area contributed by atoms with Crippen molar-refractivity contribution in [2.45, 2.75) is 12.8 Å². The molecule has 0 unspecified atom stereocenters. The third-order valence-electron chi connectivity index (χ3n) is 2.58. The van der Waals surface area contributed by atoms with E-state index in [9.17, 15) is 18.3 Å². The van der Waals surface area contributed by atoms with Crippen molar-refractivity contribution in [3.63, 3.8) is 0 Å². The standard InChI is InChI=1S/C13H9ClF3NO/c14-11-5-4-9(7-19)12(18-11)8-2-1-3-10(6-8)13(15,16)17/h1-6,19H,7H2. The molecule has 2 nitrogen and oxygen atoms in total. The number of hydrogen-bond acceptors (Lipinski definition) is 2. The second-order valence-corrected chi connectivity index (χ2v) is 4.27. The first-order valence-electron chi connectivity index (χ1n) is 5.35. The Kier molecular flexibility index (Phi) is 3.78.